The molecule has 1 N–H and O–H groups in total. The van der Waals surface area contributed by atoms with E-state index in [0.29, 0.717) is 6.54 Å². The summed E-state index contributed by atoms with van der Waals surface area (Å²) in [6.45, 7) is 7.99. The molecule has 0 unspecified atom stereocenters. The molecule has 1 atom stereocenters. The maximum Gasteiger partial charge on any atom is 0.244 e. The number of carbonyl (C=O) groups excluding carboxylic acids is 1. The van der Waals surface area contributed by atoms with Crippen LogP contribution in [0.3, 0.4) is 0 Å². The van der Waals surface area contributed by atoms with E-state index in [4.69, 9.17) is 4.74 Å². The van der Waals surface area contributed by atoms with Crippen molar-refractivity contribution >= 4 is 12.0 Å². The van der Waals surface area contributed by atoms with E-state index in [1.807, 2.05) is 18.2 Å². The summed E-state index contributed by atoms with van der Waals surface area (Å²) >= 11 is 0. The molecule has 1 heterocycles. The van der Waals surface area contributed by atoms with E-state index in [0.717, 1.165) is 25.0 Å². The van der Waals surface area contributed by atoms with E-state index in [2.05, 4.69) is 38.2 Å². The van der Waals surface area contributed by atoms with Crippen LogP contribution in [0, 0.1) is 0 Å². The van der Waals surface area contributed by atoms with Gasteiger partial charge < -0.3 is 10.1 Å². The number of amides is 1. The summed E-state index contributed by atoms with van der Waals surface area (Å²) in [7, 11) is 0. The Morgan fingerprint density at radius 1 is 1.33 bits per heavy atom. The van der Waals surface area contributed by atoms with Gasteiger partial charge in [-0.25, -0.2) is 0 Å². The molecule has 1 aromatic rings. The molecule has 114 valence electrons. The predicted molar refractivity (Wildman–Crippen MR) is 86.2 cm³/mol. The second-order valence-electron chi connectivity index (χ2n) is 6.59. The Labute approximate surface area is 127 Å². The maximum absolute atomic E-state index is 11.7. The average molecular weight is 287 g/mol. The lowest BCUT2D eigenvalue weighted by atomic mass is 9.87. The third-order valence-corrected chi connectivity index (χ3v) is 3.73. The van der Waals surface area contributed by atoms with Gasteiger partial charge in [0, 0.05) is 19.2 Å². The lowest BCUT2D eigenvalue weighted by molar-refractivity contribution is -0.116. The molecular formula is C18H25NO2. The van der Waals surface area contributed by atoms with Gasteiger partial charge in [0.25, 0.3) is 0 Å². The molecule has 0 aromatic heterocycles. The Hall–Kier alpha value is -1.61. The molecule has 3 heteroatoms. The molecule has 1 saturated heterocycles. The first-order valence-electron chi connectivity index (χ1n) is 7.63. The minimum atomic E-state index is -0.0644. The SMILES string of the molecule is CC(C)(C)c1ccc(/C=C/C(=O)NC[C@@H]2CCCO2)cc1. The first-order chi connectivity index (χ1) is 9.95. The highest BCUT2D eigenvalue weighted by Crippen LogP contribution is 2.22. The molecule has 0 bridgehead atoms. The Morgan fingerprint density at radius 3 is 2.62 bits per heavy atom. The summed E-state index contributed by atoms with van der Waals surface area (Å²) in [4.78, 5) is 11.7. The first-order valence-corrected chi connectivity index (χ1v) is 7.63. The highest BCUT2D eigenvalue weighted by Gasteiger charge is 2.15. The van der Waals surface area contributed by atoms with Gasteiger partial charge in [-0.15, -0.1) is 0 Å². The topological polar surface area (TPSA) is 38.3 Å². The highest BCUT2D eigenvalue weighted by atomic mass is 16.5. The van der Waals surface area contributed by atoms with E-state index in [-0.39, 0.29) is 17.4 Å². The molecule has 1 aliphatic heterocycles. The molecule has 3 nitrogen and oxygen atoms in total. The minimum absolute atomic E-state index is 0.0644. The zero-order valence-corrected chi connectivity index (χ0v) is 13.2. The van der Waals surface area contributed by atoms with E-state index in [1.165, 1.54) is 5.56 Å². The van der Waals surface area contributed by atoms with Crippen LogP contribution in [0.5, 0.6) is 0 Å². The third-order valence-electron chi connectivity index (χ3n) is 3.73. The van der Waals surface area contributed by atoms with Gasteiger partial charge in [-0.2, -0.15) is 0 Å². The van der Waals surface area contributed by atoms with Gasteiger partial charge in [-0.05, 0) is 35.5 Å². The molecule has 2 rings (SSSR count). The molecular weight excluding hydrogens is 262 g/mol. The van der Waals surface area contributed by atoms with Crippen molar-refractivity contribution in [1.82, 2.24) is 5.32 Å². The monoisotopic (exact) mass is 287 g/mol. The van der Waals surface area contributed by atoms with Crippen molar-refractivity contribution in [3.63, 3.8) is 0 Å². The van der Waals surface area contributed by atoms with Crippen LogP contribution in [0.15, 0.2) is 30.3 Å². The largest absolute Gasteiger partial charge is 0.376 e. The average Bonchev–Trinajstić information content (AvgIpc) is 2.95. The number of hydrogen-bond donors (Lipinski definition) is 1. The lowest BCUT2D eigenvalue weighted by Crippen LogP contribution is -2.30. The van der Waals surface area contributed by atoms with Crippen molar-refractivity contribution in [2.24, 2.45) is 0 Å². The maximum atomic E-state index is 11.7. The number of rotatable bonds is 4. The highest BCUT2D eigenvalue weighted by molar-refractivity contribution is 5.91. The zero-order valence-electron chi connectivity index (χ0n) is 13.2. The Bertz CT molecular complexity index is 491. The third kappa shape index (κ3) is 5.01. The van der Waals surface area contributed by atoms with Gasteiger partial charge in [0.15, 0.2) is 0 Å². The van der Waals surface area contributed by atoms with E-state index in [9.17, 15) is 4.79 Å². The van der Waals surface area contributed by atoms with Crippen LogP contribution < -0.4 is 5.32 Å². The standard InChI is InChI=1S/C18H25NO2/c1-18(2,3)15-9-6-14(7-10-15)8-11-17(20)19-13-16-5-4-12-21-16/h6-11,16H,4-5,12-13H2,1-3H3,(H,19,20)/b11-8+/t16-/m0/s1. The summed E-state index contributed by atoms with van der Waals surface area (Å²) in [6, 6.07) is 8.32. The summed E-state index contributed by atoms with van der Waals surface area (Å²) < 4.78 is 5.47. The zero-order chi connectivity index (χ0) is 15.3. The van der Waals surface area contributed by atoms with Crippen molar-refractivity contribution in [1.29, 1.82) is 0 Å². The van der Waals surface area contributed by atoms with Gasteiger partial charge in [-0.3, -0.25) is 4.79 Å². The van der Waals surface area contributed by atoms with Crippen LogP contribution >= 0.6 is 0 Å². The molecule has 1 aromatic carbocycles. The Kier molecular flexibility index (Phi) is 5.18. The van der Waals surface area contributed by atoms with Crippen LogP contribution in [0.1, 0.15) is 44.7 Å². The molecule has 1 fully saturated rings. The summed E-state index contributed by atoms with van der Waals surface area (Å²) in [5, 5.41) is 2.88. The molecule has 0 aliphatic carbocycles. The lowest BCUT2D eigenvalue weighted by Gasteiger charge is -2.18. The van der Waals surface area contributed by atoms with Crippen molar-refractivity contribution in [2.75, 3.05) is 13.2 Å². The van der Waals surface area contributed by atoms with Crippen molar-refractivity contribution < 1.29 is 9.53 Å². The summed E-state index contributed by atoms with van der Waals surface area (Å²) in [5.74, 6) is -0.0644. The number of benzene rings is 1. The smallest absolute Gasteiger partial charge is 0.244 e. The fraction of sp³-hybridized carbons (Fsp3) is 0.500. The molecule has 0 saturated carbocycles. The fourth-order valence-corrected chi connectivity index (χ4v) is 2.34. The Balaban J connectivity index is 1.83. The van der Waals surface area contributed by atoms with Crippen molar-refractivity contribution in [3.05, 3.63) is 41.5 Å². The number of nitrogens with one attached hydrogen (secondary N) is 1. The van der Waals surface area contributed by atoms with Gasteiger partial charge in [0.05, 0.1) is 6.10 Å². The van der Waals surface area contributed by atoms with Crippen molar-refractivity contribution in [2.45, 2.75) is 45.1 Å². The molecule has 0 spiro atoms. The molecule has 1 aliphatic rings. The first kappa shape index (κ1) is 15.8. The van der Waals surface area contributed by atoms with E-state index < -0.39 is 0 Å². The summed E-state index contributed by atoms with van der Waals surface area (Å²) in [5.41, 5.74) is 2.48. The van der Waals surface area contributed by atoms with E-state index >= 15 is 0 Å². The van der Waals surface area contributed by atoms with Crippen LogP contribution in [0.2, 0.25) is 0 Å². The van der Waals surface area contributed by atoms with Crippen molar-refractivity contribution in [3.8, 4) is 0 Å². The van der Waals surface area contributed by atoms with Gasteiger partial charge >= 0.3 is 0 Å². The quantitative estimate of drug-likeness (QED) is 0.863. The van der Waals surface area contributed by atoms with Gasteiger partial charge in [0.2, 0.25) is 5.91 Å². The number of carbonyl (C=O) groups is 1. The molecule has 1 amide bonds. The molecule has 21 heavy (non-hydrogen) atoms. The van der Waals surface area contributed by atoms with Crippen LogP contribution in [-0.4, -0.2) is 25.2 Å². The second-order valence-corrected chi connectivity index (χ2v) is 6.59. The summed E-state index contributed by atoms with van der Waals surface area (Å²) in [6.07, 6.45) is 5.75. The number of hydrogen-bond acceptors (Lipinski definition) is 2. The van der Waals surface area contributed by atoms with Crippen LogP contribution in [0.4, 0.5) is 0 Å². The number of ether oxygens (including phenoxy) is 1. The van der Waals surface area contributed by atoms with Crippen LogP contribution in [-0.2, 0) is 14.9 Å². The second kappa shape index (κ2) is 6.90. The van der Waals surface area contributed by atoms with Gasteiger partial charge in [-0.1, -0.05) is 45.0 Å². The van der Waals surface area contributed by atoms with E-state index in [1.54, 1.807) is 6.08 Å². The van der Waals surface area contributed by atoms with Crippen LogP contribution in [0.25, 0.3) is 6.08 Å². The van der Waals surface area contributed by atoms with Gasteiger partial charge in [0.1, 0.15) is 0 Å². The fourth-order valence-electron chi connectivity index (χ4n) is 2.34. The Morgan fingerprint density at radius 2 is 2.05 bits per heavy atom. The molecule has 0 radical (unpaired) electrons. The minimum Gasteiger partial charge on any atom is -0.376 e. The normalized spacial score (nSPS) is 19.1. The predicted octanol–water partition coefficient (Wildman–Crippen LogP) is 3.29.